The summed E-state index contributed by atoms with van der Waals surface area (Å²) in [5.74, 6) is -0.863. The van der Waals surface area contributed by atoms with E-state index in [2.05, 4.69) is 10.6 Å². The van der Waals surface area contributed by atoms with Gasteiger partial charge in [-0.1, -0.05) is 53.7 Å². The van der Waals surface area contributed by atoms with Crippen molar-refractivity contribution in [1.29, 1.82) is 0 Å². The van der Waals surface area contributed by atoms with Crippen LogP contribution in [0.25, 0.3) is 0 Å². The van der Waals surface area contributed by atoms with Crippen molar-refractivity contribution < 1.29 is 43.9 Å². The van der Waals surface area contributed by atoms with E-state index in [-0.39, 0.29) is 12.0 Å². The van der Waals surface area contributed by atoms with Gasteiger partial charge in [0.1, 0.15) is 23.7 Å². The zero-order valence-corrected chi connectivity index (χ0v) is 25.3. The molecule has 1 fully saturated rings. The zero-order valence-electron chi connectivity index (χ0n) is 24.5. The fraction of sp³-hybridized carbons (Fsp3) is 0.344. The van der Waals surface area contributed by atoms with Crippen LogP contribution in [0.4, 0.5) is 0 Å². The lowest BCUT2D eigenvalue weighted by Crippen LogP contribution is -2.66. The van der Waals surface area contributed by atoms with Gasteiger partial charge in [0.2, 0.25) is 10.8 Å². The third-order valence-electron chi connectivity index (χ3n) is 7.02. The van der Waals surface area contributed by atoms with Crippen molar-refractivity contribution >= 4 is 29.5 Å². The number of carbonyl (C=O) groups excluding carboxylic acids is 3. The van der Waals surface area contributed by atoms with Gasteiger partial charge < -0.3 is 40.2 Å². The summed E-state index contributed by atoms with van der Waals surface area (Å²) in [4.78, 5) is 36.8. The van der Waals surface area contributed by atoms with Crippen molar-refractivity contribution in [3.05, 3.63) is 90.0 Å². The van der Waals surface area contributed by atoms with Gasteiger partial charge in [-0.3, -0.25) is 9.59 Å². The number of rotatable bonds is 11. The van der Waals surface area contributed by atoms with E-state index >= 15 is 0 Å². The van der Waals surface area contributed by atoms with E-state index in [1.807, 2.05) is 37.3 Å². The number of hydrogen-bond donors (Lipinski definition) is 5. The van der Waals surface area contributed by atoms with E-state index in [9.17, 15) is 29.7 Å². The second kappa shape index (κ2) is 14.7. The summed E-state index contributed by atoms with van der Waals surface area (Å²) in [6.45, 7) is 2.72. The number of aliphatic hydroxyl groups excluding tert-OH is 3. The average Bonchev–Trinajstić information content (AvgIpc) is 3.01. The molecule has 44 heavy (non-hydrogen) atoms. The van der Waals surface area contributed by atoms with Crippen LogP contribution in [0.1, 0.15) is 29.3 Å². The third-order valence-corrected chi connectivity index (χ3v) is 8.29. The molecule has 0 bridgehead atoms. The van der Waals surface area contributed by atoms with Crippen molar-refractivity contribution in [3.8, 4) is 11.5 Å². The minimum atomic E-state index is -1.81. The molecule has 5 N–H and O–H groups in total. The van der Waals surface area contributed by atoms with Crippen LogP contribution in [0.5, 0.6) is 11.5 Å². The Morgan fingerprint density at radius 2 is 1.70 bits per heavy atom. The van der Waals surface area contributed by atoms with Gasteiger partial charge in [0, 0.05) is 30.3 Å². The van der Waals surface area contributed by atoms with Gasteiger partial charge in [-0.2, -0.15) is 0 Å². The second-order valence-electron chi connectivity index (χ2n) is 10.5. The Kier molecular flexibility index (Phi) is 11.0. The van der Waals surface area contributed by atoms with Crippen LogP contribution in [0.15, 0.2) is 83.8 Å². The molecule has 1 aliphatic rings. The van der Waals surface area contributed by atoms with E-state index < -0.39 is 59.7 Å². The monoisotopic (exact) mass is 624 g/mol. The molecule has 1 saturated heterocycles. The lowest BCUT2D eigenvalue weighted by Gasteiger charge is -2.47. The maximum atomic E-state index is 13.1. The predicted octanol–water partition coefficient (Wildman–Crippen LogP) is 2.56. The molecule has 0 radical (unpaired) electrons. The maximum Gasteiger partial charge on any atom is 0.349 e. The number of carbonyl (C=O) groups is 3. The molecule has 0 unspecified atom stereocenters. The molecule has 2 amide bonds. The van der Waals surface area contributed by atoms with Gasteiger partial charge in [0.05, 0.1) is 25.4 Å². The second-order valence-corrected chi connectivity index (χ2v) is 11.8. The number of para-hydroxylation sites is 1. The largest absolute Gasteiger partial charge is 0.466 e. The fourth-order valence-corrected chi connectivity index (χ4v) is 6.05. The van der Waals surface area contributed by atoms with Crippen LogP contribution in [0.2, 0.25) is 0 Å². The molecular weight excluding hydrogens is 588 g/mol. The van der Waals surface area contributed by atoms with Crippen molar-refractivity contribution in [2.24, 2.45) is 0 Å². The highest BCUT2D eigenvalue weighted by atomic mass is 32.2. The molecule has 1 heterocycles. The van der Waals surface area contributed by atoms with Crippen molar-refractivity contribution in [3.63, 3.8) is 0 Å². The number of aliphatic hydroxyl groups is 3. The Hall–Kier alpha value is -3.94. The number of thioether (sulfide) groups is 1. The predicted molar refractivity (Wildman–Crippen MR) is 162 cm³/mol. The SMILES string of the molecule is COC(=O)[C@]1(Sc2ccc(C)cc2)C[C@H](O)[C@@H](NC(C)=O)[C@H]([C@H](O)[C@H](O)CNC(=O)c2cccc(Oc3ccccc3)c2)O1. The average molecular weight is 625 g/mol. The Morgan fingerprint density at radius 1 is 1.02 bits per heavy atom. The number of methoxy groups -OCH3 is 1. The molecular formula is C32H36N2O9S. The van der Waals surface area contributed by atoms with E-state index in [1.54, 1.807) is 42.5 Å². The first-order valence-electron chi connectivity index (χ1n) is 14.0. The first-order valence-corrected chi connectivity index (χ1v) is 14.8. The summed E-state index contributed by atoms with van der Waals surface area (Å²) in [6, 6.07) is 21.5. The Morgan fingerprint density at radius 3 is 2.36 bits per heavy atom. The van der Waals surface area contributed by atoms with Crippen LogP contribution in [0, 0.1) is 6.92 Å². The molecule has 3 aromatic carbocycles. The Balaban J connectivity index is 1.50. The number of nitrogens with one attached hydrogen (secondary N) is 2. The van der Waals surface area contributed by atoms with Crippen LogP contribution in [-0.4, -0.2) is 82.1 Å². The molecule has 0 spiro atoms. The number of ether oxygens (including phenoxy) is 3. The molecule has 234 valence electrons. The van der Waals surface area contributed by atoms with E-state index in [1.165, 1.54) is 20.1 Å². The zero-order chi connectivity index (χ0) is 31.9. The Bertz CT molecular complexity index is 1440. The summed E-state index contributed by atoms with van der Waals surface area (Å²) < 4.78 is 17.0. The minimum Gasteiger partial charge on any atom is -0.466 e. The summed E-state index contributed by atoms with van der Waals surface area (Å²) in [5, 5.41) is 38.5. The summed E-state index contributed by atoms with van der Waals surface area (Å²) in [5.41, 5.74) is 1.24. The normalized spacial score (nSPS) is 22.7. The number of esters is 1. The molecule has 6 atom stereocenters. The highest BCUT2D eigenvalue weighted by Gasteiger charge is 2.55. The molecule has 0 aromatic heterocycles. The van der Waals surface area contributed by atoms with Crippen molar-refractivity contribution in [1.82, 2.24) is 10.6 Å². The van der Waals surface area contributed by atoms with Crippen LogP contribution in [-0.2, 0) is 19.1 Å². The minimum absolute atomic E-state index is 0.250. The molecule has 0 saturated carbocycles. The maximum absolute atomic E-state index is 13.1. The number of aryl methyl sites for hydroxylation is 1. The summed E-state index contributed by atoms with van der Waals surface area (Å²) in [6.07, 6.45) is -6.47. The number of amides is 2. The molecule has 0 aliphatic carbocycles. The first-order chi connectivity index (χ1) is 21.0. The van der Waals surface area contributed by atoms with Gasteiger partial charge >= 0.3 is 5.97 Å². The number of benzene rings is 3. The molecule has 11 nitrogen and oxygen atoms in total. The first kappa shape index (κ1) is 33.0. The fourth-order valence-electron chi connectivity index (χ4n) is 4.81. The molecule has 1 aliphatic heterocycles. The summed E-state index contributed by atoms with van der Waals surface area (Å²) in [7, 11) is 1.17. The van der Waals surface area contributed by atoms with Gasteiger partial charge in [-0.05, 0) is 49.4 Å². The van der Waals surface area contributed by atoms with Crippen molar-refractivity contribution in [2.45, 2.75) is 60.6 Å². The van der Waals surface area contributed by atoms with Crippen LogP contribution < -0.4 is 15.4 Å². The van der Waals surface area contributed by atoms with Gasteiger partial charge in [0.15, 0.2) is 0 Å². The topological polar surface area (TPSA) is 164 Å². The lowest BCUT2D eigenvalue weighted by atomic mass is 9.89. The Labute approximate surface area is 259 Å². The van der Waals surface area contributed by atoms with Crippen LogP contribution in [0.3, 0.4) is 0 Å². The van der Waals surface area contributed by atoms with E-state index in [0.29, 0.717) is 16.4 Å². The lowest BCUT2D eigenvalue weighted by molar-refractivity contribution is -0.204. The van der Waals surface area contributed by atoms with Gasteiger partial charge in [0.25, 0.3) is 5.91 Å². The molecule has 3 aromatic rings. The number of hydrogen-bond acceptors (Lipinski definition) is 10. The highest BCUT2D eigenvalue weighted by molar-refractivity contribution is 8.01. The highest BCUT2D eigenvalue weighted by Crippen LogP contribution is 2.44. The van der Waals surface area contributed by atoms with Gasteiger partial charge in [-0.15, -0.1) is 0 Å². The van der Waals surface area contributed by atoms with E-state index in [4.69, 9.17) is 14.2 Å². The smallest absolute Gasteiger partial charge is 0.349 e. The van der Waals surface area contributed by atoms with Crippen molar-refractivity contribution in [2.75, 3.05) is 13.7 Å². The van der Waals surface area contributed by atoms with E-state index in [0.717, 1.165) is 17.3 Å². The molecule has 4 rings (SSSR count). The standard InChI is InChI=1S/C32H36N2O9S/c1-19-12-14-24(15-13-19)44-32(31(40)41-3)17-25(36)27(34-20(2)35)29(43-32)28(38)26(37)18-33-30(39)21-8-7-11-23(16-21)42-22-9-5-4-6-10-22/h4-16,25-29,36-38H,17-18H2,1-3H3,(H,33,39)(H,34,35)/t25-,26+,27+,28+,29+,32+/m0/s1. The summed E-state index contributed by atoms with van der Waals surface area (Å²) >= 11 is 0.984. The quantitative estimate of drug-likeness (QED) is 0.200. The van der Waals surface area contributed by atoms with Gasteiger partial charge in [-0.25, -0.2) is 4.79 Å². The van der Waals surface area contributed by atoms with Crippen LogP contribution >= 0.6 is 11.8 Å². The third kappa shape index (κ3) is 8.16. The molecule has 12 heteroatoms.